The first-order valence-electron chi connectivity index (χ1n) is 10.3. The van der Waals surface area contributed by atoms with Crippen molar-refractivity contribution in [3.63, 3.8) is 0 Å². The second-order valence-corrected chi connectivity index (χ2v) is 7.74. The molecular formula is C23H21F8NO2. The van der Waals surface area contributed by atoms with Crippen LogP contribution >= 0.6 is 0 Å². The molecule has 34 heavy (non-hydrogen) atoms. The fourth-order valence-electron chi connectivity index (χ4n) is 3.40. The van der Waals surface area contributed by atoms with Gasteiger partial charge in [0, 0.05) is 11.6 Å². The molecule has 1 unspecified atom stereocenters. The number of benzene rings is 2. The zero-order valence-electron chi connectivity index (χ0n) is 18.2. The van der Waals surface area contributed by atoms with E-state index in [1.54, 1.807) is 0 Å². The topological polar surface area (TPSA) is 37.4 Å². The maximum Gasteiger partial charge on any atom is 0.417 e. The first-order valence-corrected chi connectivity index (χ1v) is 10.3. The van der Waals surface area contributed by atoms with E-state index in [1.165, 1.54) is 6.92 Å². The average molecular weight is 495 g/mol. The Hall–Kier alpha value is -2.98. The van der Waals surface area contributed by atoms with Gasteiger partial charge in [-0.1, -0.05) is 26.2 Å². The SMILES string of the molecule is CCCCCC(C)N(C(=O)c1cc(F)cc(C(F)(F)F)c1)C(=O)c1cc(F)ccc1C(F)(F)F. The van der Waals surface area contributed by atoms with Crippen molar-refractivity contribution in [1.82, 2.24) is 4.90 Å². The molecule has 0 bridgehead atoms. The normalized spacial score (nSPS) is 13.0. The van der Waals surface area contributed by atoms with E-state index in [-0.39, 0.29) is 12.5 Å². The molecule has 0 saturated heterocycles. The van der Waals surface area contributed by atoms with Crippen molar-refractivity contribution in [1.29, 1.82) is 0 Å². The Morgan fingerprint density at radius 1 is 0.853 bits per heavy atom. The third-order valence-electron chi connectivity index (χ3n) is 5.09. The summed E-state index contributed by atoms with van der Waals surface area (Å²) in [5.74, 6) is -5.60. The highest BCUT2D eigenvalue weighted by molar-refractivity contribution is 6.11. The molecule has 0 aliphatic rings. The molecule has 0 N–H and O–H groups in total. The van der Waals surface area contributed by atoms with Gasteiger partial charge < -0.3 is 0 Å². The van der Waals surface area contributed by atoms with E-state index in [0.717, 1.165) is 6.42 Å². The van der Waals surface area contributed by atoms with Gasteiger partial charge in [-0.2, -0.15) is 26.3 Å². The summed E-state index contributed by atoms with van der Waals surface area (Å²) in [6, 6.07) is 0.940. The second-order valence-electron chi connectivity index (χ2n) is 7.74. The average Bonchev–Trinajstić information content (AvgIpc) is 2.72. The summed E-state index contributed by atoms with van der Waals surface area (Å²) in [5, 5.41) is 0. The Balaban J connectivity index is 2.62. The van der Waals surface area contributed by atoms with Crippen LogP contribution in [0.3, 0.4) is 0 Å². The third-order valence-corrected chi connectivity index (χ3v) is 5.09. The van der Waals surface area contributed by atoms with Gasteiger partial charge in [0.15, 0.2) is 0 Å². The van der Waals surface area contributed by atoms with Crippen LogP contribution in [0, 0.1) is 11.6 Å². The van der Waals surface area contributed by atoms with Crippen LogP contribution in [0.4, 0.5) is 35.1 Å². The largest absolute Gasteiger partial charge is 0.417 e. The minimum atomic E-state index is -5.08. The maximum atomic E-state index is 13.9. The van der Waals surface area contributed by atoms with Crippen molar-refractivity contribution in [3.05, 3.63) is 70.3 Å². The van der Waals surface area contributed by atoms with Crippen LogP contribution in [0.15, 0.2) is 36.4 Å². The molecule has 0 radical (unpaired) electrons. The van der Waals surface area contributed by atoms with Crippen LogP contribution in [0.5, 0.6) is 0 Å². The predicted octanol–water partition coefficient (Wildman–Crippen LogP) is 7.25. The molecule has 2 rings (SSSR count). The number of carbonyl (C=O) groups excluding carboxylic acids is 2. The molecular weight excluding hydrogens is 474 g/mol. The second kappa shape index (κ2) is 10.5. The van der Waals surface area contributed by atoms with Gasteiger partial charge in [0.05, 0.1) is 16.7 Å². The summed E-state index contributed by atoms with van der Waals surface area (Å²) < 4.78 is 107. The number of alkyl halides is 6. The molecule has 0 fully saturated rings. The minimum Gasteiger partial charge on any atom is -0.272 e. The minimum absolute atomic E-state index is 0.115. The highest BCUT2D eigenvalue weighted by atomic mass is 19.4. The van der Waals surface area contributed by atoms with Crippen molar-refractivity contribution in [3.8, 4) is 0 Å². The predicted molar refractivity (Wildman–Crippen MR) is 107 cm³/mol. The monoisotopic (exact) mass is 495 g/mol. The van der Waals surface area contributed by atoms with Gasteiger partial charge >= 0.3 is 12.4 Å². The van der Waals surface area contributed by atoms with Crippen LogP contribution in [0.2, 0.25) is 0 Å². The standard InChI is InChI=1S/C23H21F8NO2/c1-3-4-5-6-13(2)32(20(33)14-9-15(22(26,27)28)11-17(25)10-14)21(34)18-12-16(24)7-8-19(18)23(29,30)31/h7-13H,3-6H2,1-2H3. The summed E-state index contributed by atoms with van der Waals surface area (Å²) in [5.41, 5.74) is -5.10. The summed E-state index contributed by atoms with van der Waals surface area (Å²) in [7, 11) is 0. The number of hydrogen-bond donors (Lipinski definition) is 0. The number of nitrogens with zero attached hydrogens (tertiary/aromatic N) is 1. The molecule has 1 atom stereocenters. The van der Waals surface area contributed by atoms with Crippen molar-refractivity contribution >= 4 is 11.8 Å². The summed E-state index contributed by atoms with van der Waals surface area (Å²) in [4.78, 5) is 26.6. The molecule has 0 aliphatic heterocycles. The van der Waals surface area contributed by atoms with Crippen molar-refractivity contribution in [2.24, 2.45) is 0 Å². The lowest BCUT2D eigenvalue weighted by Crippen LogP contribution is -2.44. The molecule has 186 valence electrons. The van der Waals surface area contributed by atoms with Gasteiger partial charge in [0.1, 0.15) is 11.6 Å². The van der Waals surface area contributed by atoms with E-state index in [0.29, 0.717) is 48.1 Å². The lowest BCUT2D eigenvalue weighted by molar-refractivity contribution is -0.138. The van der Waals surface area contributed by atoms with E-state index in [1.807, 2.05) is 6.92 Å². The molecule has 0 heterocycles. The van der Waals surface area contributed by atoms with Crippen molar-refractivity contribution in [2.75, 3.05) is 0 Å². The number of unbranched alkanes of at least 4 members (excludes halogenated alkanes) is 2. The Kier molecular flexibility index (Phi) is 8.44. The van der Waals surface area contributed by atoms with Crippen LogP contribution in [0.1, 0.15) is 71.4 Å². The van der Waals surface area contributed by atoms with Gasteiger partial charge in [-0.3, -0.25) is 14.5 Å². The van der Waals surface area contributed by atoms with Gasteiger partial charge in [-0.05, 0) is 49.7 Å². The Morgan fingerprint density at radius 2 is 1.50 bits per heavy atom. The number of carbonyl (C=O) groups is 2. The number of halogens is 8. The molecule has 11 heteroatoms. The van der Waals surface area contributed by atoms with Crippen LogP contribution < -0.4 is 0 Å². The molecule has 0 saturated carbocycles. The van der Waals surface area contributed by atoms with Crippen LogP contribution in [-0.4, -0.2) is 22.8 Å². The molecule has 2 amide bonds. The molecule has 3 nitrogen and oxygen atoms in total. The number of hydrogen-bond acceptors (Lipinski definition) is 2. The van der Waals surface area contributed by atoms with E-state index in [4.69, 9.17) is 0 Å². The van der Waals surface area contributed by atoms with Crippen LogP contribution in [-0.2, 0) is 12.4 Å². The highest BCUT2D eigenvalue weighted by Gasteiger charge is 2.39. The quantitative estimate of drug-likeness (QED) is 0.231. The summed E-state index contributed by atoms with van der Waals surface area (Å²) >= 11 is 0. The summed E-state index contributed by atoms with van der Waals surface area (Å²) in [6.45, 7) is 3.18. The molecule has 0 spiro atoms. The van der Waals surface area contributed by atoms with Gasteiger partial charge in [-0.15, -0.1) is 0 Å². The van der Waals surface area contributed by atoms with E-state index in [2.05, 4.69) is 0 Å². The van der Waals surface area contributed by atoms with E-state index < -0.39 is 64.1 Å². The van der Waals surface area contributed by atoms with Gasteiger partial charge in [0.2, 0.25) is 0 Å². The lowest BCUT2D eigenvalue weighted by Gasteiger charge is -2.29. The molecule has 0 aliphatic carbocycles. The number of rotatable bonds is 7. The zero-order valence-corrected chi connectivity index (χ0v) is 18.2. The van der Waals surface area contributed by atoms with Crippen molar-refractivity contribution < 1.29 is 44.7 Å². The van der Waals surface area contributed by atoms with Crippen LogP contribution in [0.25, 0.3) is 0 Å². The smallest absolute Gasteiger partial charge is 0.272 e. The molecule has 2 aromatic rings. The molecule has 2 aromatic carbocycles. The zero-order chi connectivity index (χ0) is 25.8. The Bertz CT molecular complexity index is 1050. The van der Waals surface area contributed by atoms with Crippen molar-refractivity contribution in [2.45, 2.75) is 57.9 Å². The van der Waals surface area contributed by atoms with Gasteiger partial charge in [0.25, 0.3) is 11.8 Å². The van der Waals surface area contributed by atoms with E-state index >= 15 is 0 Å². The Morgan fingerprint density at radius 3 is 2.06 bits per heavy atom. The number of amides is 2. The fraction of sp³-hybridized carbons (Fsp3) is 0.391. The fourth-order valence-corrected chi connectivity index (χ4v) is 3.40. The lowest BCUT2D eigenvalue weighted by atomic mass is 10.0. The first-order chi connectivity index (χ1) is 15.7. The highest BCUT2D eigenvalue weighted by Crippen LogP contribution is 2.34. The molecule has 0 aromatic heterocycles. The van der Waals surface area contributed by atoms with E-state index in [9.17, 15) is 44.7 Å². The maximum absolute atomic E-state index is 13.9. The number of imide groups is 1. The Labute approximate surface area is 190 Å². The first kappa shape index (κ1) is 27.3. The third kappa shape index (κ3) is 6.54. The summed E-state index contributed by atoms with van der Waals surface area (Å²) in [6.07, 6.45) is -8.17. The van der Waals surface area contributed by atoms with Gasteiger partial charge in [-0.25, -0.2) is 8.78 Å².